The first kappa shape index (κ1) is 23.5. The molecule has 3 aromatic heterocycles. The number of hydrogen-bond donors (Lipinski definition) is 1. The second-order valence-electron chi connectivity index (χ2n) is 10.1. The number of H-pyrrole nitrogens is 1. The van der Waals surface area contributed by atoms with Gasteiger partial charge in [0.1, 0.15) is 6.04 Å². The van der Waals surface area contributed by atoms with Gasteiger partial charge < -0.3 is 9.72 Å². The first-order chi connectivity index (χ1) is 17.7. The Balaban J connectivity index is 1.50. The second-order valence-corrected chi connectivity index (χ2v) is 11.1. The number of rotatable bonds is 8. The smallest absolute Gasteiger partial charge is 0.253 e. The Bertz CT molecular complexity index is 1370. The zero-order valence-electron chi connectivity index (χ0n) is 20.6. The summed E-state index contributed by atoms with van der Waals surface area (Å²) in [4.78, 5) is 20.4. The summed E-state index contributed by atoms with van der Waals surface area (Å²) < 4.78 is 8.06. The number of aromatic nitrogens is 5. The minimum atomic E-state index is -0.388. The lowest BCUT2D eigenvalue weighted by molar-refractivity contribution is 0.0574. The van der Waals surface area contributed by atoms with Gasteiger partial charge in [-0.1, -0.05) is 31.0 Å². The highest BCUT2D eigenvalue weighted by Crippen LogP contribution is 2.35. The highest BCUT2D eigenvalue weighted by atomic mass is 32.1. The van der Waals surface area contributed by atoms with Crippen molar-refractivity contribution in [1.29, 1.82) is 0 Å². The van der Waals surface area contributed by atoms with Crippen molar-refractivity contribution in [2.45, 2.75) is 70.2 Å². The number of aryl methyl sites for hydroxylation is 1. The number of nitrogens with zero attached hydrogens (tertiary/aromatic N) is 5. The number of aromatic amines is 1. The SMILES string of the molecule is Cc1ccc2cc(C(c3nnnn3C3CCCC3)N(Cc3cccs3)CC3CCCO3)c(=O)[nH]c2c1. The lowest BCUT2D eigenvalue weighted by Gasteiger charge is -2.33. The van der Waals surface area contributed by atoms with Crippen LogP contribution in [0.2, 0.25) is 0 Å². The van der Waals surface area contributed by atoms with Crippen molar-refractivity contribution in [1.82, 2.24) is 30.1 Å². The largest absolute Gasteiger partial charge is 0.377 e. The summed E-state index contributed by atoms with van der Waals surface area (Å²) in [5.74, 6) is 0.744. The number of fused-ring (bicyclic) bond motifs is 1. The summed E-state index contributed by atoms with van der Waals surface area (Å²) >= 11 is 1.73. The molecule has 2 aliphatic rings. The van der Waals surface area contributed by atoms with Gasteiger partial charge >= 0.3 is 0 Å². The van der Waals surface area contributed by atoms with E-state index in [4.69, 9.17) is 4.74 Å². The molecule has 2 atom stereocenters. The molecule has 1 saturated carbocycles. The van der Waals surface area contributed by atoms with Crippen LogP contribution in [0.3, 0.4) is 0 Å². The fraction of sp³-hybridized carbons (Fsp3) is 0.481. The molecule has 4 heterocycles. The van der Waals surface area contributed by atoms with E-state index >= 15 is 0 Å². The molecule has 1 saturated heterocycles. The Kier molecular flexibility index (Phi) is 6.69. The Morgan fingerprint density at radius 1 is 1.19 bits per heavy atom. The van der Waals surface area contributed by atoms with E-state index < -0.39 is 0 Å². The van der Waals surface area contributed by atoms with Crippen molar-refractivity contribution in [2.24, 2.45) is 0 Å². The molecule has 8 nitrogen and oxygen atoms in total. The van der Waals surface area contributed by atoms with Crippen LogP contribution < -0.4 is 5.56 Å². The first-order valence-corrected chi connectivity index (χ1v) is 13.8. The summed E-state index contributed by atoms with van der Waals surface area (Å²) in [6.07, 6.45) is 6.71. The lowest BCUT2D eigenvalue weighted by atomic mass is 10.0. The summed E-state index contributed by atoms with van der Waals surface area (Å²) in [7, 11) is 0. The number of thiophene rings is 1. The topological polar surface area (TPSA) is 88.9 Å². The molecular formula is C27H32N6O2S. The van der Waals surface area contributed by atoms with Crippen molar-refractivity contribution >= 4 is 22.2 Å². The van der Waals surface area contributed by atoms with Gasteiger partial charge in [0.05, 0.1) is 12.1 Å². The van der Waals surface area contributed by atoms with E-state index in [-0.39, 0.29) is 23.7 Å². The van der Waals surface area contributed by atoms with Crippen molar-refractivity contribution in [3.63, 3.8) is 0 Å². The summed E-state index contributed by atoms with van der Waals surface area (Å²) in [6, 6.07) is 12.3. The van der Waals surface area contributed by atoms with Crippen LogP contribution in [0.15, 0.2) is 46.6 Å². The molecule has 36 heavy (non-hydrogen) atoms. The van der Waals surface area contributed by atoms with Gasteiger partial charge in [0.25, 0.3) is 5.56 Å². The third-order valence-electron chi connectivity index (χ3n) is 7.52. The average Bonchev–Trinajstić information content (AvgIpc) is 3.68. The van der Waals surface area contributed by atoms with E-state index in [1.54, 1.807) is 11.3 Å². The fourth-order valence-electron chi connectivity index (χ4n) is 5.74. The number of tetrazole rings is 1. The van der Waals surface area contributed by atoms with E-state index in [2.05, 4.69) is 55.1 Å². The molecule has 4 aromatic rings. The van der Waals surface area contributed by atoms with Crippen LogP contribution in [0.5, 0.6) is 0 Å². The Morgan fingerprint density at radius 2 is 2.08 bits per heavy atom. The van der Waals surface area contributed by atoms with Crippen molar-refractivity contribution < 1.29 is 4.74 Å². The highest BCUT2D eigenvalue weighted by molar-refractivity contribution is 7.09. The number of nitrogens with one attached hydrogen (secondary N) is 1. The van der Waals surface area contributed by atoms with Gasteiger partial charge in [-0.2, -0.15) is 0 Å². The van der Waals surface area contributed by atoms with Crippen molar-refractivity contribution in [2.75, 3.05) is 13.2 Å². The number of pyridine rings is 1. The standard InChI is InChI=1S/C27H32N6O2S/c1-18-10-11-19-15-23(27(34)28-24(19)14-18)25(26-29-30-31-33(26)20-6-2-3-7-20)32(16-21-8-4-12-35-21)17-22-9-5-13-36-22/h5,9-11,13-15,20-21,25H,2-4,6-8,12,16-17H2,1H3,(H,28,34). The van der Waals surface area contributed by atoms with Crippen LogP contribution in [0.1, 0.15) is 72.4 Å². The summed E-state index contributed by atoms with van der Waals surface area (Å²) in [6.45, 7) is 4.24. The monoisotopic (exact) mass is 504 g/mol. The molecule has 1 N–H and O–H groups in total. The van der Waals surface area contributed by atoms with Crippen LogP contribution in [-0.4, -0.2) is 49.3 Å². The number of ether oxygens (including phenoxy) is 1. The molecule has 6 rings (SSSR count). The molecule has 0 radical (unpaired) electrons. The third-order valence-corrected chi connectivity index (χ3v) is 8.39. The van der Waals surface area contributed by atoms with Crippen LogP contribution in [0.25, 0.3) is 10.9 Å². The molecule has 1 aliphatic heterocycles. The van der Waals surface area contributed by atoms with Gasteiger partial charge in [-0.15, -0.1) is 16.4 Å². The molecule has 0 spiro atoms. The van der Waals surface area contributed by atoms with Gasteiger partial charge in [-0.25, -0.2) is 4.68 Å². The zero-order valence-corrected chi connectivity index (χ0v) is 21.4. The maximum atomic E-state index is 13.7. The lowest BCUT2D eigenvalue weighted by Crippen LogP contribution is -2.39. The van der Waals surface area contributed by atoms with Crippen molar-refractivity contribution in [3.05, 3.63) is 74.0 Å². The molecule has 2 unspecified atom stereocenters. The number of hydrogen-bond acceptors (Lipinski definition) is 7. The Labute approximate surface area is 214 Å². The Hall–Kier alpha value is -2.88. The van der Waals surface area contributed by atoms with Gasteiger partial charge in [-0.3, -0.25) is 9.69 Å². The van der Waals surface area contributed by atoms with E-state index in [1.165, 1.54) is 17.7 Å². The maximum Gasteiger partial charge on any atom is 0.253 e. The summed E-state index contributed by atoms with van der Waals surface area (Å²) in [5, 5.41) is 16.2. The Morgan fingerprint density at radius 3 is 2.86 bits per heavy atom. The maximum absolute atomic E-state index is 13.7. The van der Waals surface area contributed by atoms with Gasteiger partial charge in [0, 0.05) is 35.7 Å². The van der Waals surface area contributed by atoms with Gasteiger partial charge in [0.2, 0.25) is 0 Å². The van der Waals surface area contributed by atoms with Crippen LogP contribution in [0, 0.1) is 6.92 Å². The molecule has 0 amide bonds. The molecular weight excluding hydrogens is 472 g/mol. The highest BCUT2D eigenvalue weighted by Gasteiger charge is 2.35. The molecule has 188 valence electrons. The van der Waals surface area contributed by atoms with Crippen LogP contribution in [0.4, 0.5) is 0 Å². The first-order valence-electron chi connectivity index (χ1n) is 12.9. The van der Waals surface area contributed by atoms with E-state index in [1.807, 2.05) is 23.7 Å². The predicted molar refractivity (Wildman–Crippen MR) is 140 cm³/mol. The van der Waals surface area contributed by atoms with Gasteiger partial charge in [-0.05, 0) is 77.6 Å². The van der Waals surface area contributed by atoms with Crippen LogP contribution >= 0.6 is 11.3 Å². The second kappa shape index (κ2) is 10.2. The van der Waals surface area contributed by atoms with E-state index in [0.29, 0.717) is 18.7 Å². The number of benzene rings is 1. The average molecular weight is 505 g/mol. The van der Waals surface area contributed by atoms with Gasteiger partial charge in [0.15, 0.2) is 5.82 Å². The normalized spacial score (nSPS) is 19.6. The zero-order chi connectivity index (χ0) is 24.5. The minimum Gasteiger partial charge on any atom is -0.377 e. The van der Waals surface area contributed by atoms with Crippen molar-refractivity contribution in [3.8, 4) is 0 Å². The molecule has 0 bridgehead atoms. The van der Waals surface area contributed by atoms with E-state index in [0.717, 1.165) is 54.6 Å². The predicted octanol–water partition coefficient (Wildman–Crippen LogP) is 4.77. The molecule has 1 aromatic carbocycles. The minimum absolute atomic E-state index is 0.0948. The third kappa shape index (κ3) is 4.75. The molecule has 1 aliphatic carbocycles. The molecule has 2 fully saturated rings. The molecule has 9 heteroatoms. The van der Waals surface area contributed by atoms with Crippen LogP contribution in [-0.2, 0) is 11.3 Å². The fourth-order valence-corrected chi connectivity index (χ4v) is 6.47. The quantitative estimate of drug-likeness (QED) is 0.372. The summed E-state index contributed by atoms with van der Waals surface area (Å²) in [5.41, 5.74) is 2.55. The van der Waals surface area contributed by atoms with E-state index in [9.17, 15) is 4.79 Å².